The van der Waals surface area contributed by atoms with Crippen molar-refractivity contribution in [3.8, 4) is 0 Å². The molecule has 0 aromatic heterocycles. The lowest BCUT2D eigenvalue weighted by Crippen LogP contribution is -2.58. The highest BCUT2D eigenvalue weighted by molar-refractivity contribution is 5.82. The lowest BCUT2D eigenvalue weighted by molar-refractivity contribution is -0.138. The van der Waals surface area contributed by atoms with Crippen LogP contribution in [-0.2, 0) is 14.3 Å². The van der Waals surface area contributed by atoms with E-state index in [1.165, 1.54) is 25.7 Å². The first-order chi connectivity index (χ1) is 13.7. The van der Waals surface area contributed by atoms with Crippen molar-refractivity contribution in [3.05, 3.63) is 0 Å². The number of ether oxygens (including phenoxy) is 1. The van der Waals surface area contributed by atoms with E-state index >= 15 is 0 Å². The van der Waals surface area contributed by atoms with Crippen LogP contribution in [0.1, 0.15) is 64.2 Å². The van der Waals surface area contributed by atoms with Crippen LogP contribution < -0.4 is 5.32 Å². The summed E-state index contributed by atoms with van der Waals surface area (Å²) in [6.45, 7) is 4.67. The van der Waals surface area contributed by atoms with Gasteiger partial charge in [-0.25, -0.2) is 0 Å². The smallest absolute Gasteiger partial charge is 0.237 e. The molecule has 2 heterocycles. The van der Waals surface area contributed by atoms with Gasteiger partial charge >= 0.3 is 0 Å². The molecule has 2 amide bonds. The Morgan fingerprint density at radius 1 is 0.893 bits per heavy atom. The maximum absolute atomic E-state index is 13.1. The molecule has 0 aromatic rings. The lowest BCUT2D eigenvalue weighted by atomic mass is 9.94. The Kier molecular flexibility index (Phi) is 6.89. The standard InChI is InChI=1S/C22H37N3O3/c26-21(23-16-19-10-5-15-28-19)20(17-6-1-2-7-17)24-11-13-25(14-12-24)22(27)18-8-3-4-9-18/h17-20H,1-16H2,(H,23,26)/t19-,20+/m1/s1. The summed E-state index contributed by atoms with van der Waals surface area (Å²) in [5.74, 6) is 1.25. The molecule has 4 aliphatic rings. The van der Waals surface area contributed by atoms with Gasteiger partial charge in [0.05, 0.1) is 12.1 Å². The van der Waals surface area contributed by atoms with Crippen LogP contribution >= 0.6 is 0 Å². The van der Waals surface area contributed by atoms with E-state index in [9.17, 15) is 9.59 Å². The van der Waals surface area contributed by atoms with Gasteiger partial charge in [0.1, 0.15) is 0 Å². The summed E-state index contributed by atoms with van der Waals surface area (Å²) < 4.78 is 5.67. The van der Waals surface area contributed by atoms with Gasteiger partial charge in [-0.05, 0) is 44.4 Å². The summed E-state index contributed by atoms with van der Waals surface area (Å²) >= 11 is 0. The minimum Gasteiger partial charge on any atom is -0.376 e. The largest absolute Gasteiger partial charge is 0.376 e. The van der Waals surface area contributed by atoms with Crippen LogP contribution in [0.5, 0.6) is 0 Å². The number of hydrogen-bond acceptors (Lipinski definition) is 4. The molecule has 2 saturated heterocycles. The number of amides is 2. The predicted molar refractivity (Wildman–Crippen MR) is 108 cm³/mol. The number of rotatable bonds is 6. The maximum Gasteiger partial charge on any atom is 0.237 e. The molecule has 4 fully saturated rings. The minimum atomic E-state index is -0.0346. The predicted octanol–water partition coefficient (Wildman–Crippen LogP) is 2.17. The van der Waals surface area contributed by atoms with Crippen LogP contribution in [0.3, 0.4) is 0 Å². The number of nitrogens with one attached hydrogen (secondary N) is 1. The van der Waals surface area contributed by atoms with Gasteiger partial charge in [0.2, 0.25) is 11.8 Å². The van der Waals surface area contributed by atoms with Crippen LogP contribution in [0.4, 0.5) is 0 Å². The Labute approximate surface area is 169 Å². The molecule has 2 aliphatic heterocycles. The van der Waals surface area contributed by atoms with E-state index in [1.54, 1.807) is 0 Å². The first kappa shape index (κ1) is 20.1. The number of piperazine rings is 1. The van der Waals surface area contributed by atoms with Gasteiger partial charge < -0.3 is 15.0 Å². The van der Waals surface area contributed by atoms with E-state index in [0.29, 0.717) is 18.4 Å². The summed E-state index contributed by atoms with van der Waals surface area (Å²) in [6, 6.07) is -0.0346. The van der Waals surface area contributed by atoms with Gasteiger partial charge in [-0.15, -0.1) is 0 Å². The fraction of sp³-hybridized carbons (Fsp3) is 0.909. The van der Waals surface area contributed by atoms with Crippen LogP contribution in [0.25, 0.3) is 0 Å². The fourth-order valence-electron chi connectivity index (χ4n) is 5.73. The second-order valence-electron chi connectivity index (χ2n) is 9.21. The summed E-state index contributed by atoms with van der Waals surface area (Å²) in [4.78, 5) is 30.3. The molecular formula is C22H37N3O3. The zero-order chi connectivity index (χ0) is 19.3. The van der Waals surface area contributed by atoms with Crippen molar-refractivity contribution in [2.24, 2.45) is 11.8 Å². The average Bonchev–Trinajstić information content (AvgIpc) is 3.50. The van der Waals surface area contributed by atoms with E-state index in [0.717, 1.165) is 71.3 Å². The molecule has 1 N–H and O–H groups in total. The molecule has 2 saturated carbocycles. The minimum absolute atomic E-state index is 0.0346. The monoisotopic (exact) mass is 391 g/mol. The van der Waals surface area contributed by atoms with E-state index in [1.807, 2.05) is 0 Å². The molecule has 0 spiro atoms. The van der Waals surface area contributed by atoms with Crippen molar-refractivity contribution in [1.82, 2.24) is 15.1 Å². The molecule has 2 aliphatic carbocycles. The van der Waals surface area contributed by atoms with Crippen molar-refractivity contribution in [2.45, 2.75) is 76.4 Å². The topological polar surface area (TPSA) is 61.9 Å². The molecule has 0 unspecified atom stereocenters. The highest BCUT2D eigenvalue weighted by atomic mass is 16.5. The van der Waals surface area contributed by atoms with Crippen molar-refractivity contribution in [2.75, 3.05) is 39.3 Å². The zero-order valence-electron chi connectivity index (χ0n) is 17.2. The maximum atomic E-state index is 13.1. The third kappa shape index (κ3) is 4.70. The third-order valence-electron chi connectivity index (χ3n) is 7.37. The Balaban J connectivity index is 1.32. The number of nitrogens with zero attached hydrogens (tertiary/aromatic N) is 2. The molecule has 28 heavy (non-hydrogen) atoms. The molecular weight excluding hydrogens is 354 g/mol. The van der Waals surface area contributed by atoms with Crippen molar-refractivity contribution in [3.63, 3.8) is 0 Å². The molecule has 4 rings (SSSR count). The van der Waals surface area contributed by atoms with Crippen LogP contribution in [0, 0.1) is 11.8 Å². The summed E-state index contributed by atoms with van der Waals surface area (Å²) in [7, 11) is 0. The number of carbonyl (C=O) groups excluding carboxylic acids is 2. The first-order valence-electron chi connectivity index (χ1n) is 11.6. The average molecular weight is 392 g/mol. The molecule has 6 nitrogen and oxygen atoms in total. The van der Waals surface area contributed by atoms with Gasteiger partial charge in [-0.2, -0.15) is 0 Å². The Hall–Kier alpha value is -1.14. The molecule has 158 valence electrons. The van der Waals surface area contributed by atoms with Gasteiger partial charge in [-0.3, -0.25) is 14.5 Å². The highest BCUT2D eigenvalue weighted by Crippen LogP contribution is 2.32. The van der Waals surface area contributed by atoms with Gasteiger partial charge in [0, 0.05) is 45.2 Å². The lowest BCUT2D eigenvalue weighted by Gasteiger charge is -2.41. The Morgan fingerprint density at radius 3 is 2.21 bits per heavy atom. The van der Waals surface area contributed by atoms with Crippen LogP contribution in [0.2, 0.25) is 0 Å². The van der Waals surface area contributed by atoms with Crippen molar-refractivity contribution in [1.29, 1.82) is 0 Å². The van der Waals surface area contributed by atoms with Crippen LogP contribution in [0.15, 0.2) is 0 Å². The van der Waals surface area contributed by atoms with Crippen LogP contribution in [-0.4, -0.2) is 73.1 Å². The van der Waals surface area contributed by atoms with E-state index in [4.69, 9.17) is 4.74 Å². The second kappa shape index (κ2) is 9.57. The summed E-state index contributed by atoms with van der Waals surface area (Å²) in [6.07, 6.45) is 11.6. The second-order valence-corrected chi connectivity index (χ2v) is 9.21. The van der Waals surface area contributed by atoms with Crippen molar-refractivity contribution >= 4 is 11.8 Å². The first-order valence-corrected chi connectivity index (χ1v) is 11.6. The zero-order valence-corrected chi connectivity index (χ0v) is 17.2. The van der Waals surface area contributed by atoms with E-state index in [2.05, 4.69) is 15.1 Å². The summed E-state index contributed by atoms with van der Waals surface area (Å²) in [5.41, 5.74) is 0. The molecule has 6 heteroatoms. The van der Waals surface area contributed by atoms with Gasteiger partial charge in [0.15, 0.2) is 0 Å². The quantitative estimate of drug-likeness (QED) is 0.754. The normalized spacial score (nSPS) is 28.7. The van der Waals surface area contributed by atoms with E-state index < -0.39 is 0 Å². The third-order valence-corrected chi connectivity index (χ3v) is 7.37. The van der Waals surface area contributed by atoms with Gasteiger partial charge in [-0.1, -0.05) is 25.7 Å². The molecule has 0 bridgehead atoms. The number of hydrogen-bond donors (Lipinski definition) is 1. The number of carbonyl (C=O) groups is 2. The summed E-state index contributed by atoms with van der Waals surface area (Å²) in [5, 5.41) is 3.19. The van der Waals surface area contributed by atoms with Crippen molar-refractivity contribution < 1.29 is 14.3 Å². The highest BCUT2D eigenvalue weighted by Gasteiger charge is 2.38. The van der Waals surface area contributed by atoms with E-state index in [-0.39, 0.29) is 24.0 Å². The SMILES string of the molecule is O=C(NC[C@H]1CCCO1)[C@H](C1CCCC1)N1CCN(C(=O)C2CCCC2)CC1. The Bertz CT molecular complexity index is 529. The molecule has 2 atom stereocenters. The molecule has 0 radical (unpaired) electrons. The fourth-order valence-corrected chi connectivity index (χ4v) is 5.73. The van der Waals surface area contributed by atoms with Gasteiger partial charge in [0.25, 0.3) is 0 Å². The molecule has 0 aromatic carbocycles. The Morgan fingerprint density at radius 2 is 1.57 bits per heavy atom.